The van der Waals surface area contributed by atoms with Gasteiger partial charge in [-0.15, -0.1) is 0 Å². The Morgan fingerprint density at radius 2 is 1.47 bits per heavy atom. The average Bonchev–Trinajstić information content (AvgIpc) is 2.30. The van der Waals surface area contributed by atoms with Crippen molar-refractivity contribution in [1.29, 1.82) is 0 Å². The van der Waals surface area contributed by atoms with Crippen molar-refractivity contribution in [2.24, 2.45) is 0 Å². The molecule has 0 saturated heterocycles. The van der Waals surface area contributed by atoms with E-state index in [1.807, 2.05) is 0 Å². The summed E-state index contributed by atoms with van der Waals surface area (Å²) < 4.78 is 28.8. The van der Waals surface area contributed by atoms with Crippen LogP contribution in [0.1, 0.15) is 0 Å². The molecular weight excluding hydrogens is 260 g/mol. The summed E-state index contributed by atoms with van der Waals surface area (Å²) in [6, 6.07) is 14.4. The molecule has 2 aromatic carbocycles. The highest BCUT2D eigenvalue weighted by Crippen LogP contribution is 2.24. The predicted molar refractivity (Wildman–Crippen MR) is 65.7 cm³/mol. The Hall–Kier alpha value is -1.52. The van der Waals surface area contributed by atoms with Crippen molar-refractivity contribution in [2.75, 3.05) is 0 Å². The number of hydrogen-bond donors (Lipinski definition) is 0. The van der Waals surface area contributed by atoms with Gasteiger partial charge in [0.05, 0.1) is 5.02 Å². The van der Waals surface area contributed by atoms with E-state index in [0.717, 1.165) is 0 Å². The molecule has 5 heteroatoms. The number of para-hydroxylation sites is 1. The lowest BCUT2D eigenvalue weighted by atomic mass is 10.3. The molecule has 17 heavy (non-hydrogen) atoms. The molecule has 88 valence electrons. The van der Waals surface area contributed by atoms with Gasteiger partial charge in [0, 0.05) is 0 Å². The molecule has 0 fully saturated rings. The van der Waals surface area contributed by atoms with Crippen molar-refractivity contribution in [3.63, 3.8) is 0 Å². The quantitative estimate of drug-likeness (QED) is 0.804. The van der Waals surface area contributed by atoms with Crippen LogP contribution in [0.15, 0.2) is 59.5 Å². The van der Waals surface area contributed by atoms with Crippen LogP contribution >= 0.6 is 11.6 Å². The van der Waals surface area contributed by atoms with E-state index in [9.17, 15) is 8.42 Å². The highest BCUT2D eigenvalue weighted by Gasteiger charge is 2.19. The van der Waals surface area contributed by atoms with Crippen LogP contribution < -0.4 is 4.18 Å². The first-order chi connectivity index (χ1) is 8.09. The molecule has 0 radical (unpaired) electrons. The summed E-state index contributed by atoms with van der Waals surface area (Å²) in [6.07, 6.45) is 0. The molecular formula is C12H9ClO3S. The van der Waals surface area contributed by atoms with E-state index in [2.05, 4.69) is 0 Å². The third-order valence-corrected chi connectivity index (χ3v) is 3.80. The lowest BCUT2D eigenvalue weighted by Gasteiger charge is -2.07. The van der Waals surface area contributed by atoms with E-state index in [1.54, 1.807) is 42.5 Å². The Kier molecular flexibility index (Phi) is 3.36. The van der Waals surface area contributed by atoms with Crippen LogP contribution in [0.25, 0.3) is 0 Å². The van der Waals surface area contributed by atoms with Gasteiger partial charge in [-0.05, 0) is 24.3 Å². The first-order valence-corrected chi connectivity index (χ1v) is 6.62. The maximum Gasteiger partial charge on any atom is 0.340 e. The smallest absolute Gasteiger partial charge is 0.340 e. The molecule has 0 saturated carbocycles. The number of hydrogen-bond acceptors (Lipinski definition) is 3. The van der Waals surface area contributed by atoms with Crippen molar-refractivity contribution < 1.29 is 12.6 Å². The standard InChI is InChI=1S/C12H9ClO3S/c13-11-8-4-5-9-12(11)17(14,15)16-10-6-2-1-3-7-10/h1-9H. The molecule has 0 spiro atoms. The molecule has 2 aromatic rings. The summed E-state index contributed by atoms with van der Waals surface area (Å²) in [6.45, 7) is 0. The van der Waals surface area contributed by atoms with Crippen molar-refractivity contribution in [2.45, 2.75) is 4.90 Å². The van der Waals surface area contributed by atoms with Crippen LogP contribution in [0.4, 0.5) is 0 Å². The highest BCUT2D eigenvalue weighted by molar-refractivity contribution is 7.87. The van der Waals surface area contributed by atoms with Gasteiger partial charge in [-0.3, -0.25) is 0 Å². The molecule has 0 atom stereocenters. The van der Waals surface area contributed by atoms with Gasteiger partial charge in [-0.2, -0.15) is 8.42 Å². The average molecular weight is 269 g/mol. The first-order valence-electron chi connectivity index (χ1n) is 4.84. The summed E-state index contributed by atoms with van der Waals surface area (Å²) in [5, 5.41) is 0.142. The number of rotatable bonds is 3. The zero-order chi connectivity index (χ0) is 12.3. The summed E-state index contributed by atoms with van der Waals surface area (Å²) in [7, 11) is -3.88. The normalized spacial score (nSPS) is 11.1. The maximum absolute atomic E-state index is 11.9. The third kappa shape index (κ3) is 2.78. The molecule has 0 aromatic heterocycles. The molecule has 3 nitrogen and oxygen atoms in total. The molecule has 0 aliphatic rings. The fourth-order valence-electron chi connectivity index (χ4n) is 1.30. The topological polar surface area (TPSA) is 43.4 Å². The third-order valence-electron chi connectivity index (χ3n) is 2.06. The van der Waals surface area contributed by atoms with Crippen LogP contribution in [0.3, 0.4) is 0 Å². The minimum absolute atomic E-state index is 0.0366. The van der Waals surface area contributed by atoms with Gasteiger partial charge in [0.2, 0.25) is 0 Å². The van der Waals surface area contributed by atoms with E-state index < -0.39 is 10.1 Å². The van der Waals surface area contributed by atoms with Gasteiger partial charge in [0.15, 0.2) is 0 Å². The molecule has 0 amide bonds. The Morgan fingerprint density at radius 1 is 0.882 bits per heavy atom. The summed E-state index contributed by atoms with van der Waals surface area (Å²) in [5.74, 6) is 0.257. The van der Waals surface area contributed by atoms with Crippen LogP contribution in [0.2, 0.25) is 5.02 Å². The Bertz CT molecular complexity index is 609. The second-order valence-electron chi connectivity index (χ2n) is 3.28. The highest BCUT2D eigenvalue weighted by atomic mass is 35.5. The molecule has 0 unspecified atom stereocenters. The largest absolute Gasteiger partial charge is 0.379 e. The van der Waals surface area contributed by atoms with Gasteiger partial charge < -0.3 is 4.18 Å². The van der Waals surface area contributed by atoms with Crippen LogP contribution in [0.5, 0.6) is 5.75 Å². The molecule has 0 heterocycles. The Labute approximate surface area is 105 Å². The minimum atomic E-state index is -3.88. The predicted octanol–water partition coefficient (Wildman–Crippen LogP) is 3.11. The lowest BCUT2D eigenvalue weighted by Crippen LogP contribution is -2.10. The van der Waals surface area contributed by atoms with E-state index in [4.69, 9.17) is 15.8 Å². The molecule has 0 aliphatic carbocycles. The van der Waals surface area contributed by atoms with Crippen LogP contribution in [-0.4, -0.2) is 8.42 Å². The molecule has 0 bridgehead atoms. The van der Waals surface area contributed by atoms with Crippen molar-refractivity contribution >= 4 is 21.7 Å². The van der Waals surface area contributed by atoms with Gasteiger partial charge in [0.25, 0.3) is 0 Å². The van der Waals surface area contributed by atoms with Crippen molar-refractivity contribution in [1.82, 2.24) is 0 Å². The summed E-state index contributed by atoms with van der Waals surface area (Å²) in [5.41, 5.74) is 0. The minimum Gasteiger partial charge on any atom is -0.379 e. The molecule has 0 N–H and O–H groups in total. The number of halogens is 1. The van der Waals surface area contributed by atoms with E-state index >= 15 is 0 Å². The Morgan fingerprint density at radius 3 is 2.12 bits per heavy atom. The van der Waals surface area contributed by atoms with E-state index in [1.165, 1.54) is 12.1 Å². The van der Waals surface area contributed by atoms with Crippen LogP contribution in [-0.2, 0) is 10.1 Å². The van der Waals surface area contributed by atoms with Crippen molar-refractivity contribution in [3.05, 3.63) is 59.6 Å². The van der Waals surface area contributed by atoms with E-state index in [0.29, 0.717) is 0 Å². The second-order valence-corrected chi connectivity index (χ2v) is 5.20. The monoisotopic (exact) mass is 268 g/mol. The SMILES string of the molecule is O=S(=O)(Oc1ccccc1)c1ccccc1Cl. The zero-order valence-electron chi connectivity index (χ0n) is 8.71. The van der Waals surface area contributed by atoms with Crippen LogP contribution in [0, 0.1) is 0 Å². The summed E-state index contributed by atoms with van der Waals surface area (Å²) >= 11 is 5.82. The number of benzene rings is 2. The van der Waals surface area contributed by atoms with Gasteiger partial charge >= 0.3 is 10.1 Å². The summed E-state index contributed by atoms with van der Waals surface area (Å²) in [4.78, 5) is -0.0366. The van der Waals surface area contributed by atoms with Gasteiger partial charge in [-0.25, -0.2) is 0 Å². The first kappa shape index (κ1) is 12.0. The second kappa shape index (κ2) is 4.77. The van der Waals surface area contributed by atoms with Gasteiger partial charge in [0.1, 0.15) is 10.6 Å². The zero-order valence-corrected chi connectivity index (χ0v) is 10.3. The van der Waals surface area contributed by atoms with E-state index in [-0.39, 0.29) is 15.7 Å². The molecule has 2 rings (SSSR count). The van der Waals surface area contributed by atoms with Gasteiger partial charge in [-0.1, -0.05) is 41.9 Å². The molecule has 0 aliphatic heterocycles. The lowest BCUT2D eigenvalue weighted by molar-refractivity contribution is 0.486. The fraction of sp³-hybridized carbons (Fsp3) is 0. The fourth-order valence-corrected chi connectivity index (χ4v) is 2.72. The maximum atomic E-state index is 11.9. The Balaban J connectivity index is 2.36. The van der Waals surface area contributed by atoms with Crippen molar-refractivity contribution in [3.8, 4) is 5.75 Å².